The molecule has 0 aliphatic heterocycles. The van der Waals surface area contributed by atoms with Gasteiger partial charge in [-0.05, 0) is 47.5 Å². The molecule has 0 aliphatic carbocycles. The third-order valence-corrected chi connectivity index (χ3v) is 4.83. The van der Waals surface area contributed by atoms with Crippen LogP contribution in [0.5, 0.6) is 17.2 Å². The second-order valence-corrected chi connectivity index (χ2v) is 6.83. The van der Waals surface area contributed by atoms with Gasteiger partial charge in [0.15, 0.2) is 11.5 Å². The van der Waals surface area contributed by atoms with Crippen molar-refractivity contribution in [2.24, 2.45) is 0 Å². The van der Waals surface area contributed by atoms with E-state index in [1.54, 1.807) is 26.4 Å². The topological polar surface area (TPSA) is 39.7 Å². The SMILES string of the molecule is COc1ccc(CNCc2ccc(OCc3c(F)cccc3Cl)c(OC)c2)cc1. The number of rotatable bonds is 9. The van der Waals surface area contributed by atoms with Crippen molar-refractivity contribution < 1.29 is 18.6 Å². The number of hydrogen-bond acceptors (Lipinski definition) is 4. The number of benzene rings is 3. The summed E-state index contributed by atoms with van der Waals surface area (Å²) in [6.45, 7) is 1.43. The van der Waals surface area contributed by atoms with Crippen LogP contribution in [-0.4, -0.2) is 14.2 Å². The maximum atomic E-state index is 13.9. The van der Waals surface area contributed by atoms with Crippen molar-refractivity contribution in [2.75, 3.05) is 14.2 Å². The average Bonchev–Trinajstić information content (AvgIpc) is 2.74. The smallest absolute Gasteiger partial charge is 0.161 e. The van der Waals surface area contributed by atoms with Crippen LogP contribution in [-0.2, 0) is 19.7 Å². The lowest BCUT2D eigenvalue weighted by atomic mass is 10.1. The van der Waals surface area contributed by atoms with E-state index in [1.165, 1.54) is 11.6 Å². The minimum atomic E-state index is -0.393. The average molecular weight is 416 g/mol. The maximum Gasteiger partial charge on any atom is 0.161 e. The van der Waals surface area contributed by atoms with Crippen molar-refractivity contribution >= 4 is 11.6 Å². The molecular formula is C23H23ClFNO3. The Morgan fingerprint density at radius 2 is 1.59 bits per heavy atom. The number of halogens is 2. The Morgan fingerprint density at radius 3 is 2.28 bits per heavy atom. The molecule has 0 bridgehead atoms. The summed E-state index contributed by atoms with van der Waals surface area (Å²) < 4.78 is 30.3. The Labute approximate surface area is 175 Å². The third-order valence-electron chi connectivity index (χ3n) is 4.48. The van der Waals surface area contributed by atoms with Gasteiger partial charge in [0.25, 0.3) is 0 Å². The molecule has 0 amide bonds. The minimum absolute atomic E-state index is 0.0247. The lowest BCUT2D eigenvalue weighted by Gasteiger charge is -2.14. The first kappa shape index (κ1) is 21.0. The molecule has 0 aliphatic rings. The van der Waals surface area contributed by atoms with Crippen molar-refractivity contribution in [1.29, 1.82) is 0 Å². The molecular weight excluding hydrogens is 393 g/mol. The van der Waals surface area contributed by atoms with E-state index in [1.807, 2.05) is 42.5 Å². The van der Waals surface area contributed by atoms with Gasteiger partial charge in [-0.25, -0.2) is 4.39 Å². The van der Waals surface area contributed by atoms with Gasteiger partial charge in [-0.1, -0.05) is 35.9 Å². The highest BCUT2D eigenvalue weighted by atomic mass is 35.5. The van der Waals surface area contributed by atoms with Gasteiger partial charge in [-0.2, -0.15) is 0 Å². The highest BCUT2D eigenvalue weighted by Gasteiger charge is 2.11. The molecule has 0 saturated heterocycles. The fourth-order valence-corrected chi connectivity index (χ4v) is 3.07. The summed E-state index contributed by atoms with van der Waals surface area (Å²) in [5.74, 6) is 1.56. The van der Waals surface area contributed by atoms with Crippen molar-refractivity contribution in [3.05, 3.63) is 88.2 Å². The minimum Gasteiger partial charge on any atom is -0.497 e. The normalized spacial score (nSPS) is 10.6. The number of nitrogens with one attached hydrogen (secondary N) is 1. The highest BCUT2D eigenvalue weighted by Crippen LogP contribution is 2.30. The third kappa shape index (κ3) is 5.62. The van der Waals surface area contributed by atoms with Crippen LogP contribution in [0.1, 0.15) is 16.7 Å². The molecule has 152 valence electrons. The van der Waals surface area contributed by atoms with E-state index >= 15 is 0 Å². The van der Waals surface area contributed by atoms with E-state index in [4.69, 9.17) is 25.8 Å². The Balaban J connectivity index is 1.59. The predicted molar refractivity (Wildman–Crippen MR) is 112 cm³/mol. The molecule has 3 aromatic rings. The lowest BCUT2D eigenvalue weighted by molar-refractivity contribution is 0.279. The molecule has 0 saturated carbocycles. The molecule has 0 heterocycles. The van der Waals surface area contributed by atoms with Gasteiger partial charge in [0.1, 0.15) is 18.2 Å². The Morgan fingerprint density at radius 1 is 0.862 bits per heavy atom. The summed E-state index contributed by atoms with van der Waals surface area (Å²) in [5, 5.41) is 3.73. The lowest BCUT2D eigenvalue weighted by Crippen LogP contribution is -2.12. The quantitative estimate of drug-likeness (QED) is 0.510. The second-order valence-electron chi connectivity index (χ2n) is 6.43. The van der Waals surface area contributed by atoms with E-state index in [-0.39, 0.29) is 6.61 Å². The van der Waals surface area contributed by atoms with E-state index < -0.39 is 5.82 Å². The summed E-state index contributed by atoms with van der Waals surface area (Å²) in [4.78, 5) is 0. The first-order valence-corrected chi connectivity index (χ1v) is 9.54. The van der Waals surface area contributed by atoms with Crippen LogP contribution in [0, 0.1) is 5.82 Å². The fourth-order valence-electron chi connectivity index (χ4n) is 2.86. The zero-order chi connectivity index (χ0) is 20.6. The van der Waals surface area contributed by atoms with E-state index in [0.717, 1.165) is 17.9 Å². The van der Waals surface area contributed by atoms with Crippen LogP contribution in [0.2, 0.25) is 5.02 Å². The molecule has 6 heteroatoms. The van der Waals surface area contributed by atoms with E-state index in [0.29, 0.717) is 28.6 Å². The Hall–Kier alpha value is -2.76. The monoisotopic (exact) mass is 415 g/mol. The van der Waals surface area contributed by atoms with Crippen LogP contribution >= 0.6 is 11.6 Å². The molecule has 0 radical (unpaired) electrons. The number of ether oxygens (including phenoxy) is 3. The van der Waals surface area contributed by atoms with Crippen molar-refractivity contribution in [2.45, 2.75) is 19.7 Å². The molecule has 3 aromatic carbocycles. The fraction of sp³-hybridized carbons (Fsp3) is 0.217. The first-order valence-electron chi connectivity index (χ1n) is 9.17. The molecule has 0 aromatic heterocycles. The van der Waals surface area contributed by atoms with Gasteiger partial charge in [0.2, 0.25) is 0 Å². The summed E-state index contributed by atoms with van der Waals surface area (Å²) in [6, 6.07) is 18.2. The van der Waals surface area contributed by atoms with Crippen molar-refractivity contribution in [3.8, 4) is 17.2 Å². The van der Waals surface area contributed by atoms with Crippen LogP contribution in [0.25, 0.3) is 0 Å². The molecule has 29 heavy (non-hydrogen) atoms. The summed E-state index contributed by atoms with van der Waals surface area (Å²) in [7, 11) is 3.23. The molecule has 1 N–H and O–H groups in total. The molecule has 0 spiro atoms. The molecule has 0 atom stereocenters. The van der Waals surface area contributed by atoms with Gasteiger partial charge in [-0.3, -0.25) is 0 Å². The largest absolute Gasteiger partial charge is 0.497 e. The molecule has 0 fully saturated rings. The van der Waals surface area contributed by atoms with Gasteiger partial charge in [-0.15, -0.1) is 0 Å². The van der Waals surface area contributed by atoms with Crippen LogP contribution in [0.4, 0.5) is 4.39 Å². The number of methoxy groups -OCH3 is 2. The highest BCUT2D eigenvalue weighted by molar-refractivity contribution is 6.31. The molecule has 3 rings (SSSR count). The maximum absolute atomic E-state index is 13.9. The van der Waals surface area contributed by atoms with Crippen LogP contribution in [0.3, 0.4) is 0 Å². The Kier molecular flexibility index (Phi) is 7.33. The summed E-state index contributed by atoms with van der Waals surface area (Å²) in [6.07, 6.45) is 0. The van der Waals surface area contributed by atoms with Crippen molar-refractivity contribution in [3.63, 3.8) is 0 Å². The van der Waals surface area contributed by atoms with Gasteiger partial charge < -0.3 is 19.5 Å². The van der Waals surface area contributed by atoms with Gasteiger partial charge in [0.05, 0.1) is 19.2 Å². The molecule has 4 nitrogen and oxygen atoms in total. The zero-order valence-electron chi connectivity index (χ0n) is 16.4. The Bertz CT molecular complexity index is 927. The van der Waals surface area contributed by atoms with Crippen LogP contribution < -0.4 is 19.5 Å². The van der Waals surface area contributed by atoms with Gasteiger partial charge >= 0.3 is 0 Å². The zero-order valence-corrected chi connectivity index (χ0v) is 17.1. The standard InChI is InChI=1S/C23H23ClFNO3/c1-27-18-9-6-16(7-10-18)13-26-14-17-8-11-22(23(12-17)28-2)29-15-19-20(24)4-3-5-21(19)25/h3-12,26H,13-15H2,1-2H3. The summed E-state index contributed by atoms with van der Waals surface area (Å²) >= 11 is 6.05. The summed E-state index contributed by atoms with van der Waals surface area (Å²) in [5.41, 5.74) is 2.53. The van der Waals surface area contributed by atoms with E-state index in [2.05, 4.69) is 5.32 Å². The first-order chi connectivity index (χ1) is 14.1. The molecule has 0 unspecified atom stereocenters. The van der Waals surface area contributed by atoms with E-state index in [9.17, 15) is 4.39 Å². The predicted octanol–water partition coefficient (Wildman–Crippen LogP) is 5.37. The van der Waals surface area contributed by atoms with Crippen LogP contribution in [0.15, 0.2) is 60.7 Å². The van der Waals surface area contributed by atoms with Gasteiger partial charge in [0, 0.05) is 18.7 Å². The van der Waals surface area contributed by atoms with Crippen molar-refractivity contribution in [1.82, 2.24) is 5.32 Å². The number of hydrogen-bond donors (Lipinski definition) is 1. The second kappa shape index (κ2) is 10.1.